The minimum absolute atomic E-state index is 0.692. The monoisotopic (exact) mass is 172 g/mol. The van der Waals surface area contributed by atoms with E-state index in [9.17, 15) is 0 Å². The van der Waals surface area contributed by atoms with Gasteiger partial charge in [-0.3, -0.25) is 0 Å². The largest absolute Gasteiger partial charge is 0.375 e. The van der Waals surface area contributed by atoms with Gasteiger partial charge < -0.3 is 5.73 Å². The summed E-state index contributed by atoms with van der Waals surface area (Å²) in [4.78, 5) is 4.01. The third-order valence-electron chi connectivity index (χ3n) is 1.26. The molecule has 1 aromatic heterocycles. The van der Waals surface area contributed by atoms with Crippen molar-refractivity contribution in [2.45, 2.75) is 19.6 Å². The van der Waals surface area contributed by atoms with E-state index in [1.807, 2.05) is 6.20 Å². The Bertz CT molecular complexity index is 226. The average molecular weight is 172 g/mol. The molecular weight excluding hydrogens is 160 g/mol. The van der Waals surface area contributed by atoms with Crippen LogP contribution in [0.15, 0.2) is 6.20 Å². The Labute approximate surface area is 66.1 Å². The molecule has 56 valence electrons. The first-order valence-corrected chi connectivity index (χ1v) is 7.53. The number of anilines is 1. The highest BCUT2D eigenvalue weighted by atomic mass is 32.1. The normalized spacial score (nSPS) is 11.9. The first-order valence-electron chi connectivity index (χ1n) is 3.22. The second kappa shape index (κ2) is 2.36. The van der Waals surface area contributed by atoms with Crippen LogP contribution in [0.2, 0.25) is 19.6 Å². The molecular formula is C6H12N2SSi. The van der Waals surface area contributed by atoms with Crippen molar-refractivity contribution in [2.24, 2.45) is 0 Å². The van der Waals surface area contributed by atoms with Gasteiger partial charge in [0.2, 0.25) is 0 Å². The molecule has 0 spiro atoms. The summed E-state index contributed by atoms with van der Waals surface area (Å²) in [6.45, 7) is 6.87. The second-order valence-electron chi connectivity index (χ2n) is 3.31. The Balaban J connectivity index is 2.96. The molecule has 0 radical (unpaired) electrons. The molecule has 0 aromatic carbocycles. The summed E-state index contributed by atoms with van der Waals surface area (Å²) in [6, 6.07) is 0. The summed E-state index contributed by atoms with van der Waals surface area (Å²) < 4.78 is 1.38. The fourth-order valence-electron chi connectivity index (χ4n) is 0.634. The van der Waals surface area contributed by atoms with Crippen molar-refractivity contribution in [3.63, 3.8) is 0 Å². The lowest BCUT2D eigenvalue weighted by Gasteiger charge is -2.10. The lowest BCUT2D eigenvalue weighted by atomic mass is 11.0. The topological polar surface area (TPSA) is 38.9 Å². The summed E-state index contributed by atoms with van der Waals surface area (Å²) in [5, 5.41) is 0.692. The Morgan fingerprint density at radius 2 is 2.10 bits per heavy atom. The lowest BCUT2D eigenvalue weighted by molar-refractivity contribution is 1.43. The zero-order chi connectivity index (χ0) is 7.78. The smallest absolute Gasteiger partial charge is 0.179 e. The zero-order valence-electron chi connectivity index (χ0n) is 6.51. The fourth-order valence-corrected chi connectivity index (χ4v) is 3.06. The van der Waals surface area contributed by atoms with Gasteiger partial charge in [0.25, 0.3) is 0 Å². The number of hydrogen-bond acceptors (Lipinski definition) is 3. The van der Waals surface area contributed by atoms with Crippen molar-refractivity contribution in [3.05, 3.63) is 6.20 Å². The second-order valence-corrected chi connectivity index (χ2v) is 9.78. The Morgan fingerprint density at radius 1 is 1.50 bits per heavy atom. The molecule has 0 atom stereocenters. The zero-order valence-corrected chi connectivity index (χ0v) is 8.33. The molecule has 1 heterocycles. The molecule has 0 unspecified atom stereocenters. The van der Waals surface area contributed by atoms with Crippen molar-refractivity contribution in [1.82, 2.24) is 4.98 Å². The maximum atomic E-state index is 5.50. The number of nitrogens with zero attached hydrogens (tertiary/aromatic N) is 1. The molecule has 0 bridgehead atoms. The van der Waals surface area contributed by atoms with Gasteiger partial charge >= 0.3 is 0 Å². The van der Waals surface area contributed by atoms with E-state index >= 15 is 0 Å². The summed E-state index contributed by atoms with van der Waals surface area (Å²) in [6.07, 6.45) is 1.91. The van der Waals surface area contributed by atoms with Crippen LogP contribution in [0.25, 0.3) is 0 Å². The highest BCUT2D eigenvalue weighted by Crippen LogP contribution is 2.10. The van der Waals surface area contributed by atoms with Gasteiger partial charge in [0.05, 0.1) is 8.07 Å². The van der Waals surface area contributed by atoms with E-state index in [1.165, 1.54) is 4.50 Å². The van der Waals surface area contributed by atoms with Crippen LogP contribution in [-0.2, 0) is 0 Å². The van der Waals surface area contributed by atoms with Crippen LogP contribution in [0, 0.1) is 0 Å². The molecule has 4 heteroatoms. The van der Waals surface area contributed by atoms with E-state index in [-0.39, 0.29) is 0 Å². The summed E-state index contributed by atoms with van der Waals surface area (Å²) in [5.74, 6) is 0. The van der Waals surface area contributed by atoms with E-state index in [4.69, 9.17) is 5.73 Å². The third kappa shape index (κ3) is 1.57. The van der Waals surface area contributed by atoms with Gasteiger partial charge in [-0.2, -0.15) is 0 Å². The standard InChI is InChI=1S/C6H12N2SSi/c1-10(2,3)5-4-8-6(7)9-5/h4H,1-3H3,(H2,7,8). The molecule has 2 N–H and O–H groups in total. The number of thiazole rings is 1. The average Bonchev–Trinajstić information content (AvgIpc) is 2.11. The van der Waals surface area contributed by atoms with Crippen LogP contribution in [0.5, 0.6) is 0 Å². The van der Waals surface area contributed by atoms with Gasteiger partial charge in [-0.15, -0.1) is 11.3 Å². The molecule has 1 rings (SSSR count). The van der Waals surface area contributed by atoms with Crippen molar-refractivity contribution in [1.29, 1.82) is 0 Å². The van der Waals surface area contributed by atoms with E-state index in [2.05, 4.69) is 24.6 Å². The maximum Gasteiger partial charge on any atom is 0.179 e. The predicted molar refractivity (Wildman–Crippen MR) is 49.5 cm³/mol. The quantitative estimate of drug-likeness (QED) is 0.648. The van der Waals surface area contributed by atoms with Gasteiger partial charge in [-0.05, 0) is 0 Å². The van der Waals surface area contributed by atoms with E-state index < -0.39 is 8.07 Å². The number of nitrogen functional groups attached to an aromatic ring is 1. The molecule has 0 saturated carbocycles. The Hall–Kier alpha value is -0.353. The summed E-state index contributed by atoms with van der Waals surface area (Å²) >= 11 is 1.62. The van der Waals surface area contributed by atoms with Crippen molar-refractivity contribution in [3.8, 4) is 0 Å². The molecule has 2 nitrogen and oxygen atoms in total. The van der Waals surface area contributed by atoms with Gasteiger partial charge in [-0.25, -0.2) is 4.98 Å². The van der Waals surface area contributed by atoms with Gasteiger partial charge in [0.1, 0.15) is 0 Å². The van der Waals surface area contributed by atoms with E-state index in [0.29, 0.717) is 5.13 Å². The van der Waals surface area contributed by atoms with Crippen LogP contribution >= 0.6 is 11.3 Å². The van der Waals surface area contributed by atoms with Crippen LogP contribution in [-0.4, -0.2) is 13.1 Å². The Morgan fingerprint density at radius 3 is 2.30 bits per heavy atom. The number of rotatable bonds is 1. The van der Waals surface area contributed by atoms with Crippen LogP contribution in [0.3, 0.4) is 0 Å². The minimum Gasteiger partial charge on any atom is -0.375 e. The van der Waals surface area contributed by atoms with Crippen molar-refractivity contribution >= 4 is 29.0 Å². The van der Waals surface area contributed by atoms with Crippen molar-refractivity contribution in [2.75, 3.05) is 5.73 Å². The molecule has 10 heavy (non-hydrogen) atoms. The van der Waals surface area contributed by atoms with Crippen LogP contribution in [0.1, 0.15) is 0 Å². The lowest BCUT2D eigenvalue weighted by Crippen LogP contribution is -2.34. The van der Waals surface area contributed by atoms with Crippen LogP contribution < -0.4 is 10.2 Å². The molecule has 0 amide bonds. The SMILES string of the molecule is C[Si](C)(C)c1cnc(N)s1. The molecule has 1 aromatic rings. The minimum atomic E-state index is -1.14. The van der Waals surface area contributed by atoms with Gasteiger partial charge in [0.15, 0.2) is 5.13 Å². The number of hydrogen-bond donors (Lipinski definition) is 1. The third-order valence-corrected chi connectivity index (χ3v) is 5.65. The number of nitrogens with two attached hydrogens (primary N) is 1. The molecule has 0 aliphatic heterocycles. The Kier molecular flexibility index (Phi) is 1.83. The maximum absolute atomic E-state index is 5.50. The molecule has 0 saturated heterocycles. The van der Waals surface area contributed by atoms with E-state index in [0.717, 1.165) is 0 Å². The first-order chi connectivity index (χ1) is 4.50. The van der Waals surface area contributed by atoms with Gasteiger partial charge in [0, 0.05) is 10.7 Å². The number of aromatic nitrogens is 1. The highest BCUT2D eigenvalue weighted by Gasteiger charge is 2.18. The first kappa shape index (κ1) is 7.75. The molecule has 0 aliphatic carbocycles. The van der Waals surface area contributed by atoms with Gasteiger partial charge in [-0.1, -0.05) is 19.6 Å². The highest BCUT2D eigenvalue weighted by molar-refractivity contribution is 7.28. The summed E-state index contributed by atoms with van der Waals surface area (Å²) in [5.41, 5.74) is 5.50. The molecule has 0 fully saturated rings. The van der Waals surface area contributed by atoms with E-state index in [1.54, 1.807) is 11.3 Å². The fraction of sp³-hybridized carbons (Fsp3) is 0.500. The summed E-state index contributed by atoms with van der Waals surface area (Å²) in [7, 11) is -1.14. The van der Waals surface area contributed by atoms with Crippen molar-refractivity contribution < 1.29 is 0 Å². The van der Waals surface area contributed by atoms with Crippen LogP contribution in [0.4, 0.5) is 5.13 Å². The predicted octanol–water partition coefficient (Wildman–Crippen LogP) is 1.27. The molecule has 0 aliphatic rings.